The molecule has 0 aliphatic carbocycles. The van der Waals surface area contributed by atoms with Crippen LogP contribution in [0.25, 0.3) is 20.4 Å². The highest BCUT2D eigenvalue weighted by molar-refractivity contribution is 7.17. The Labute approximate surface area is 344 Å². The van der Waals surface area contributed by atoms with E-state index in [-0.39, 0.29) is 6.42 Å². The van der Waals surface area contributed by atoms with Crippen molar-refractivity contribution in [1.29, 1.82) is 0 Å². The van der Waals surface area contributed by atoms with Gasteiger partial charge in [0.05, 0.1) is 37.5 Å². The van der Waals surface area contributed by atoms with Gasteiger partial charge in [0, 0.05) is 44.7 Å². The zero-order valence-electron chi connectivity index (χ0n) is 33.3. The summed E-state index contributed by atoms with van der Waals surface area (Å²) in [5.74, 6) is -2.23. The van der Waals surface area contributed by atoms with E-state index in [1.807, 2.05) is 51.9 Å². The van der Waals surface area contributed by atoms with Crippen LogP contribution in [0.4, 0.5) is 28.9 Å². The largest absolute Gasteiger partial charge is 0.388 e. The Morgan fingerprint density at radius 3 is 1.60 bits per heavy atom. The number of carbonyl (C=O) groups is 4. The SMILES string of the molecule is C=O.CCCc1cc(F)cc(F)c1.CN.CN(C)c1ccc2scnc2c1.CN[C@H](C=O)Cc1cc(F)cc(F)c1.CNc1ccc2scnc2c1.O=C/C=C\C=O. The highest BCUT2D eigenvalue weighted by Crippen LogP contribution is 2.23. The summed E-state index contributed by atoms with van der Waals surface area (Å²) in [6.07, 6.45) is 6.00. The molecule has 58 heavy (non-hydrogen) atoms. The van der Waals surface area contributed by atoms with Crippen molar-refractivity contribution in [3.8, 4) is 0 Å². The molecule has 0 radical (unpaired) electrons. The predicted molar refractivity (Wildman–Crippen MR) is 231 cm³/mol. The number of aromatic nitrogens is 2. The monoisotopic (exact) mass is 842 g/mol. The third kappa shape index (κ3) is 21.0. The van der Waals surface area contributed by atoms with Crippen LogP contribution in [-0.4, -0.2) is 76.9 Å². The van der Waals surface area contributed by atoms with Crippen LogP contribution < -0.4 is 21.3 Å². The molecule has 2 aromatic heterocycles. The van der Waals surface area contributed by atoms with Gasteiger partial charge in [-0.05, 0) is 111 Å². The summed E-state index contributed by atoms with van der Waals surface area (Å²) in [4.78, 5) is 47.6. The summed E-state index contributed by atoms with van der Waals surface area (Å²) in [6, 6.07) is 19.0. The van der Waals surface area contributed by atoms with Gasteiger partial charge in [-0.3, -0.25) is 9.59 Å². The van der Waals surface area contributed by atoms with E-state index in [9.17, 15) is 31.9 Å². The molecule has 0 saturated heterocycles. The van der Waals surface area contributed by atoms with Gasteiger partial charge in [-0.25, -0.2) is 27.5 Å². The minimum absolute atomic E-state index is 0.286. The zero-order valence-corrected chi connectivity index (χ0v) is 34.9. The number of nitrogens with two attached hydrogens (primary N) is 1. The van der Waals surface area contributed by atoms with Crippen LogP contribution in [0.2, 0.25) is 0 Å². The van der Waals surface area contributed by atoms with Crippen molar-refractivity contribution in [1.82, 2.24) is 15.3 Å². The lowest BCUT2D eigenvalue weighted by molar-refractivity contribution is -0.109. The standard InChI is InChI=1S/C10H11F2NO.C9H10F2.C9H10N2S.C8H8N2S.C4H4O2.CH5N.CH2O/c1-13-10(6-14)4-7-2-8(11)5-9(12)3-7;1-2-3-7-4-8(10)6-9(11)5-7;1-11(2)7-3-4-9-8(5-7)10-6-12-9;1-9-6-2-3-8-7(4-6)10-5-11-8;5-3-1-2-4-6;2*1-2/h2-3,5-6,10,13H,4H2,1H3;4-6H,2-3H2,1H3;3-6H,1-2H3;2-5,9H,1H3;1-4H;2H2,1H3;1H2/b;;;;2-1-;;/t10-;;;;;;/m0....../s1. The Kier molecular flexibility index (Phi) is 28.3. The predicted octanol–water partition coefficient (Wildman–Crippen LogP) is 8.24. The van der Waals surface area contributed by atoms with E-state index in [1.165, 1.54) is 46.4 Å². The summed E-state index contributed by atoms with van der Waals surface area (Å²) in [6.45, 7) is 3.98. The maximum Gasteiger partial charge on any atom is 0.142 e. The molecule has 4 N–H and O–H groups in total. The van der Waals surface area contributed by atoms with E-state index in [1.54, 1.807) is 29.7 Å². The molecule has 312 valence electrons. The molecule has 4 aromatic carbocycles. The molecule has 0 aliphatic rings. The van der Waals surface area contributed by atoms with Crippen LogP contribution in [0, 0.1) is 23.3 Å². The number of hydrogen-bond donors (Lipinski definition) is 3. The molecule has 16 heteroatoms. The molecule has 1 atom stereocenters. The number of aryl methyl sites for hydroxylation is 1. The number of fused-ring (bicyclic) bond motifs is 2. The highest BCUT2D eigenvalue weighted by atomic mass is 32.1. The topological polar surface area (TPSA) is 147 Å². The molecule has 0 spiro atoms. The van der Waals surface area contributed by atoms with Crippen LogP contribution in [0.15, 0.2) is 96.0 Å². The van der Waals surface area contributed by atoms with E-state index in [4.69, 9.17) is 4.79 Å². The number of anilines is 2. The van der Waals surface area contributed by atoms with Gasteiger partial charge < -0.3 is 30.9 Å². The Balaban J connectivity index is 0.000000697. The van der Waals surface area contributed by atoms with Crippen molar-refractivity contribution in [3.05, 3.63) is 130 Å². The molecular formula is C42H50F4N6O4S2. The summed E-state index contributed by atoms with van der Waals surface area (Å²) >= 11 is 3.35. The van der Waals surface area contributed by atoms with Gasteiger partial charge in [-0.2, -0.15) is 0 Å². The second-order valence-corrected chi connectivity index (χ2v) is 13.2. The lowest BCUT2D eigenvalue weighted by Crippen LogP contribution is -2.28. The second-order valence-electron chi connectivity index (χ2n) is 11.4. The summed E-state index contributed by atoms with van der Waals surface area (Å²) in [7, 11) is 9.10. The fraction of sp³-hybridized carbons (Fsp3) is 0.238. The Morgan fingerprint density at radius 1 is 0.724 bits per heavy atom. The van der Waals surface area contributed by atoms with Crippen molar-refractivity contribution in [2.24, 2.45) is 5.73 Å². The van der Waals surface area contributed by atoms with Crippen molar-refractivity contribution in [2.75, 3.05) is 45.5 Å². The molecule has 6 rings (SSSR count). The quantitative estimate of drug-likeness (QED) is 0.0700. The van der Waals surface area contributed by atoms with E-state index in [2.05, 4.69) is 61.6 Å². The molecule has 0 bridgehead atoms. The average molecular weight is 843 g/mol. The average Bonchev–Trinajstić information content (AvgIpc) is 3.90. The number of nitrogens with one attached hydrogen (secondary N) is 2. The fourth-order valence-electron chi connectivity index (χ4n) is 4.47. The van der Waals surface area contributed by atoms with Gasteiger partial charge in [0.1, 0.15) is 48.9 Å². The first-order valence-electron chi connectivity index (χ1n) is 17.4. The highest BCUT2D eigenvalue weighted by Gasteiger charge is 2.07. The zero-order chi connectivity index (χ0) is 43.9. The maximum absolute atomic E-state index is 12.7. The number of carbonyl (C=O) groups excluding carboxylic acids is 4. The minimum Gasteiger partial charge on any atom is -0.388 e. The third-order valence-corrected chi connectivity index (χ3v) is 8.71. The molecule has 10 nitrogen and oxygen atoms in total. The number of likely N-dealkylation sites (N-methyl/N-ethyl adjacent to an activating group) is 1. The minimum atomic E-state index is -0.624. The normalized spacial score (nSPS) is 10.1. The van der Waals surface area contributed by atoms with Gasteiger partial charge in [0.2, 0.25) is 0 Å². The second kappa shape index (κ2) is 31.4. The van der Waals surface area contributed by atoms with Crippen molar-refractivity contribution >= 4 is 80.1 Å². The van der Waals surface area contributed by atoms with Gasteiger partial charge in [-0.1, -0.05) is 13.3 Å². The molecule has 0 amide bonds. The number of thiazole rings is 2. The number of nitrogens with zero attached hydrogens (tertiary/aromatic N) is 3. The lowest BCUT2D eigenvalue weighted by atomic mass is 10.1. The first kappa shape index (κ1) is 52.3. The molecule has 6 aromatic rings. The van der Waals surface area contributed by atoms with Gasteiger partial charge in [0.25, 0.3) is 0 Å². The molecule has 0 aliphatic heterocycles. The van der Waals surface area contributed by atoms with E-state index in [0.717, 1.165) is 59.4 Å². The Hall–Kier alpha value is -5.68. The number of aldehydes is 3. The van der Waals surface area contributed by atoms with Crippen LogP contribution >= 0.6 is 22.7 Å². The first-order chi connectivity index (χ1) is 28.0. The lowest BCUT2D eigenvalue weighted by Gasteiger charge is -2.11. The van der Waals surface area contributed by atoms with Gasteiger partial charge >= 0.3 is 0 Å². The van der Waals surface area contributed by atoms with Crippen LogP contribution in [-0.2, 0) is 32.0 Å². The van der Waals surface area contributed by atoms with Gasteiger partial charge in [0.15, 0.2) is 0 Å². The molecule has 0 unspecified atom stereocenters. The van der Waals surface area contributed by atoms with Crippen molar-refractivity contribution in [2.45, 2.75) is 32.2 Å². The number of hydrogen-bond acceptors (Lipinski definition) is 12. The fourth-order valence-corrected chi connectivity index (χ4v) is 5.79. The number of rotatable bonds is 10. The maximum atomic E-state index is 12.7. The molecule has 0 fully saturated rings. The van der Waals surface area contributed by atoms with Gasteiger partial charge in [-0.15, -0.1) is 22.7 Å². The smallest absolute Gasteiger partial charge is 0.142 e. The first-order valence-corrected chi connectivity index (χ1v) is 19.2. The Bertz CT molecular complexity index is 2050. The summed E-state index contributed by atoms with van der Waals surface area (Å²) in [5.41, 5.74) is 13.9. The van der Waals surface area contributed by atoms with Crippen LogP contribution in [0.3, 0.4) is 0 Å². The number of halogens is 4. The van der Waals surface area contributed by atoms with Crippen LogP contribution in [0.1, 0.15) is 24.5 Å². The molecule has 0 saturated carbocycles. The molecular weight excluding hydrogens is 793 g/mol. The van der Waals surface area contributed by atoms with Crippen molar-refractivity contribution in [3.63, 3.8) is 0 Å². The molecule has 2 heterocycles. The summed E-state index contributed by atoms with van der Waals surface area (Å²) < 4.78 is 53.0. The van der Waals surface area contributed by atoms with Crippen LogP contribution in [0.5, 0.6) is 0 Å². The number of allylic oxidation sites excluding steroid dienone is 2. The van der Waals surface area contributed by atoms with E-state index in [0.29, 0.717) is 24.4 Å². The Morgan fingerprint density at radius 2 is 1.19 bits per heavy atom. The van der Waals surface area contributed by atoms with E-state index < -0.39 is 29.3 Å². The third-order valence-electron chi connectivity index (χ3n) is 7.09. The number of benzene rings is 4. The summed E-state index contributed by atoms with van der Waals surface area (Å²) in [5, 5.41) is 5.80. The van der Waals surface area contributed by atoms with E-state index >= 15 is 0 Å². The van der Waals surface area contributed by atoms with Crippen molar-refractivity contribution < 1.29 is 36.7 Å².